The predicted octanol–water partition coefficient (Wildman–Crippen LogP) is 1.49. The Morgan fingerprint density at radius 2 is 1.62 bits per heavy atom. The standard InChI is InChI=1S/C11H14F2O3/c1-15-11(16-2)10(14)5-7-3-8(12)6-9(13)4-7/h3-4,6,10-11,14H,5H2,1-2H3. The third-order valence-corrected chi connectivity index (χ3v) is 2.15. The minimum atomic E-state index is -0.976. The Morgan fingerprint density at radius 3 is 2.06 bits per heavy atom. The van der Waals surface area contributed by atoms with E-state index in [0.717, 1.165) is 18.2 Å². The maximum atomic E-state index is 12.9. The van der Waals surface area contributed by atoms with E-state index in [1.165, 1.54) is 14.2 Å². The summed E-state index contributed by atoms with van der Waals surface area (Å²) in [6.45, 7) is 0. The van der Waals surface area contributed by atoms with Crippen LogP contribution in [-0.4, -0.2) is 31.7 Å². The van der Waals surface area contributed by atoms with Gasteiger partial charge in [0.05, 0.1) is 0 Å². The van der Waals surface area contributed by atoms with Gasteiger partial charge in [-0.1, -0.05) is 0 Å². The number of methoxy groups -OCH3 is 2. The molecule has 0 saturated carbocycles. The minimum absolute atomic E-state index is 0.0566. The zero-order chi connectivity index (χ0) is 12.1. The minimum Gasteiger partial charge on any atom is -0.387 e. The second-order valence-corrected chi connectivity index (χ2v) is 3.39. The highest BCUT2D eigenvalue weighted by atomic mass is 19.1. The zero-order valence-electron chi connectivity index (χ0n) is 9.11. The SMILES string of the molecule is COC(OC)C(O)Cc1cc(F)cc(F)c1. The number of aliphatic hydroxyl groups excluding tert-OH is 1. The molecule has 0 aliphatic heterocycles. The molecule has 0 saturated heterocycles. The molecule has 0 bridgehead atoms. The summed E-state index contributed by atoms with van der Waals surface area (Å²) in [6.07, 6.45) is -1.73. The molecule has 0 fully saturated rings. The van der Waals surface area contributed by atoms with Crippen molar-refractivity contribution >= 4 is 0 Å². The van der Waals surface area contributed by atoms with Crippen molar-refractivity contribution in [3.8, 4) is 0 Å². The molecule has 0 aliphatic rings. The topological polar surface area (TPSA) is 38.7 Å². The van der Waals surface area contributed by atoms with E-state index in [1.54, 1.807) is 0 Å². The van der Waals surface area contributed by atoms with E-state index >= 15 is 0 Å². The van der Waals surface area contributed by atoms with Gasteiger partial charge in [-0.15, -0.1) is 0 Å². The van der Waals surface area contributed by atoms with Gasteiger partial charge in [0.1, 0.15) is 17.7 Å². The fourth-order valence-corrected chi connectivity index (χ4v) is 1.48. The smallest absolute Gasteiger partial charge is 0.183 e. The summed E-state index contributed by atoms with van der Waals surface area (Å²) in [6, 6.07) is 3.10. The molecule has 5 heteroatoms. The van der Waals surface area contributed by atoms with Gasteiger partial charge in [-0.3, -0.25) is 0 Å². The van der Waals surface area contributed by atoms with Crippen molar-refractivity contribution in [2.24, 2.45) is 0 Å². The highest BCUT2D eigenvalue weighted by Crippen LogP contribution is 2.12. The molecule has 0 aromatic heterocycles. The lowest BCUT2D eigenvalue weighted by atomic mass is 10.1. The largest absolute Gasteiger partial charge is 0.387 e. The molecular formula is C11H14F2O3. The van der Waals surface area contributed by atoms with E-state index in [9.17, 15) is 13.9 Å². The lowest BCUT2D eigenvalue weighted by Gasteiger charge is -2.19. The van der Waals surface area contributed by atoms with Crippen LogP contribution in [0.15, 0.2) is 18.2 Å². The molecule has 1 atom stereocenters. The second kappa shape index (κ2) is 5.89. The zero-order valence-corrected chi connectivity index (χ0v) is 9.11. The third kappa shape index (κ3) is 3.52. The first-order chi connectivity index (χ1) is 7.56. The van der Waals surface area contributed by atoms with Crippen molar-refractivity contribution in [3.63, 3.8) is 0 Å². The van der Waals surface area contributed by atoms with E-state index in [2.05, 4.69) is 0 Å². The molecule has 0 heterocycles. The summed E-state index contributed by atoms with van der Waals surface area (Å²) < 4.78 is 35.4. The average Bonchev–Trinajstić information content (AvgIpc) is 2.17. The number of hydrogen-bond donors (Lipinski definition) is 1. The third-order valence-electron chi connectivity index (χ3n) is 2.15. The molecule has 16 heavy (non-hydrogen) atoms. The number of halogens is 2. The first kappa shape index (κ1) is 13.0. The van der Waals surface area contributed by atoms with Crippen LogP contribution >= 0.6 is 0 Å². The van der Waals surface area contributed by atoms with Crippen LogP contribution in [-0.2, 0) is 15.9 Å². The number of benzene rings is 1. The summed E-state index contributed by atoms with van der Waals surface area (Å²) in [5, 5.41) is 9.65. The molecule has 0 amide bonds. The van der Waals surface area contributed by atoms with E-state index in [-0.39, 0.29) is 6.42 Å². The lowest BCUT2D eigenvalue weighted by molar-refractivity contribution is -0.163. The molecule has 90 valence electrons. The maximum Gasteiger partial charge on any atom is 0.183 e. The van der Waals surface area contributed by atoms with Crippen LogP contribution in [0.5, 0.6) is 0 Å². The molecule has 1 aromatic carbocycles. The van der Waals surface area contributed by atoms with Crippen molar-refractivity contribution in [2.45, 2.75) is 18.8 Å². The van der Waals surface area contributed by atoms with Crippen LogP contribution in [0.2, 0.25) is 0 Å². The van der Waals surface area contributed by atoms with Crippen molar-refractivity contribution in [3.05, 3.63) is 35.4 Å². The van der Waals surface area contributed by atoms with Gasteiger partial charge in [0, 0.05) is 26.7 Å². The van der Waals surface area contributed by atoms with Gasteiger partial charge in [0.25, 0.3) is 0 Å². The monoisotopic (exact) mass is 232 g/mol. The van der Waals surface area contributed by atoms with Gasteiger partial charge in [-0.05, 0) is 17.7 Å². The van der Waals surface area contributed by atoms with Crippen molar-refractivity contribution in [1.82, 2.24) is 0 Å². The van der Waals surface area contributed by atoms with Crippen LogP contribution in [0.1, 0.15) is 5.56 Å². The summed E-state index contributed by atoms with van der Waals surface area (Å²) in [5.41, 5.74) is 0.351. The summed E-state index contributed by atoms with van der Waals surface area (Å²) in [5.74, 6) is -1.35. The van der Waals surface area contributed by atoms with Gasteiger partial charge in [-0.25, -0.2) is 8.78 Å². The number of hydrogen-bond acceptors (Lipinski definition) is 3. The summed E-state index contributed by atoms with van der Waals surface area (Å²) in [7, 11) is 2.76. The maximum absolute atomic E-state index is 12.9. The fraction of sp³-hybridized carbons (Fsp3) is 0.455. The first-order valence-corrected chi connectivity index (χ1v) is 4.75. The van der Waals surface area contributed by atoms with Crippen LogP contribution in [0.4, 0.5) is 8.78 Å². The van der Waals surface area contributed by atoms with Crippen molar-refractivity contribution in [1.29, 1.82) is 0 Å². The van der Waals surface area contributed by atoms with E-state index in [1.807, 2.05) is 0 Å². The Balaban J connectivity index is 2.72. The molecule has 1 aromatic rings. The molecule has 0 radical (unpaired) electrons. The molecular weight excluding hydrogens is 218 g/mol. The quantitative estimate of drug-likeness (QED) is 0.782. The normalized spacial score (nSPS) is 13.1. The van der Waals surface area contributed by atoms with Crippen molar-refractivity contribution in [2.75, 3.05) is 14.2 Å². The number of rotatable bonds is 5. The van der Waals surface area contributed by atoms with Gasteiger partial charge in [0.15, 0.2) is 6.29 Å². The van der Waals surface area contributed by atoms with Crippen molar-refractivity contribution < 1.29 is 23.4 Å². The summed E-state index contributed by atoms with van der Waals surface area (Å²) in [4.78, 5) is 0. The predicted molar refractivity (Wildman–Crippen MR) is 53.9 cm³/mol. The highest BCUT2D eigenvalue weighted by Gasteiger charge is 2.18. The number of ether oxygens (including phenoxy) is 2. The van der Waals surface area contributed by atoms with E-state index < -0.39 is 24.0 Å². The Kier molecular flexibility index (Phi) is 4.79. The molecule has 0 aliphatic carbocycles. The van der Waals surface area contributed by atoms with Crippen LogP contribution in [0.25, 0.3) is 0 Å². The Labute approximate surface area is 92.6 Å². The Bertz CT molecular complexity index is 320. The lowest BCUT2D eigenvalue weighted by Crippen LogP contribution is -2.31. The summed E-state index contributed by atoms with van der Waals surface area (Å²) >= 11 is 0. The van der Waals surface area contributed by atoms with Crippen LogP contribution in [0, 0.1) is 11.6 Å². The molecule has 1 unspecified atom stereocenters. The van der Waals surface area contributed by atoms with Crippen LogP contribution in [0.3, 0.4) is 0 Å². The van der Waals surface area contributed by atoms with Gasteiger partial charge >= 0.3 is 0 Å². The first-order valence-electron chi connectivity index (χ1n) is 4.75. The Morgan fingerprint density at radius 1 is 1.12 bits per heavy atom. The average molecular weight is 232 g/mol. The van der Waals surface area contributed by atoms with Gasteiger partial charge in [0.2, 0.25) is 0 Å². The van der Waals surface area contributed by atoms with E-state index in [0.29, 0.717) is 5.56 Å². The van der Waals surface area contributed by atoms with Crippen LogP contribution < -0.4 is 0 Å². The fourth-order valence-electron chi connectivity index (χ4n) is 1.48. The van der Waals surface area contributed by atoms with Gasteiger partial charge < -0.3 is 14.6 Å². The van der Waals surface area contributed by atoms with Gasteiger partial charge in [-0.2, -0.15) is 0 Å². The molecule has 1 N–H and O–H groups in total. The van der Waals surface area contributed by atoms with E-state index in [4.69, 9.17) is 9.47 Å². The molecule has 3 nitrogen and oxygen atoms in total. The highest BCUT2D eigenvalue weighted by molar-refractivity contribution is 5.18. The second-order valence-electron chi connectivity index (χ2n) is 3.39. The molecule has 0 spiro atoms. The number of aliphatic hydroxyl groups is 1. The molecule has 1 rings (SSSR count). The Hall–Kier alpha value is -1.04.